The van der Waals surface area contributed by atoms with E-state index < -0.39 is 84.6 Å². The molecule has 3 heterocycles. The van der Waals surface area contributed by atoms with Gasteiger partial charge in [-0.2, -0.15) is 0 Å². The number of fused-ring (bicyclic) bond motifs is 4. The molecule has 4 bridgehead atoms. The summed E-state index contributed by atoms with van der Waals surface area (Å²) in [5, 5.41) is 33.1. The summed E-state index contributed by atoms with van der Waals surface area (Å²) in [6.07, 6.45) is 1.39. The fourth-order valence-corrected chi connectivity index (χ4v) is 6.58. The van der Waals surface area contributed by atoms with Gasteiger partial charge >= 0.3 is 23.9 Å². The van der Waals surface area contributed by atoms with Gasteiger partial charge in [0.15, 0.2) is 12.4 Å². The van der Waals surface area contributed by atoms with Crippen LogP contribution in [-0.4, -0.2) is 121 Å². The molecule has 0 saturated carbocycles. The number of ether oxygens (including phenoxy) is 8. The summed E-state index contributed by atoms with van der Waals surface area (Å²) in [6.45, 7) is 4.23. The van der Waals surface area contributed by atoms with Crippen LogP contribution in [-0.2, 0) is 57.1 Å². The van der Waals surface area contributed by atoms with E-state index in [1.807, 2.05) is 36.4 Å². The van der Waals surface area contributed by atoms with Crippen molar-refractivity contribution in [3.63, 3.8) is 0 Å². The second kappa shape index (κ2) is 20.8. The van der Waals surface area contributed by atoms with Crippen LogP contribution in [0.4, 0.5) is 0 Å². The smallest absolute Gasteiger partial charge is 0.330 e. The third kappa shape index (κ3) is 13.3. The van der Waals surface area contributed by atoms with Crippen LogP contribution in [0, 0.1) is 5.41 Å². The first-order chi connectivity index (χ1) is 26.2. The van der Waals surface area contributed by atoms with Crippen molar-refractivity contribution in [2.75, 3.05) is 33.5 Å². The molecule has 0 spiro atoms. The molecule has 3 aliphatic heterocycles. The van der Waals surface area contributed by atoms with Gasteiger partial charge in [0.2, 0.25) is 5.79 Å². The quantitative estimate of drug-likeness (QED) is 0.150. The van der Waals surface area contributed by atoms with Crippen molar-refractivity contribution in [3.8, 4) is 0 Å². The Morgan fingerprint density at radius 2 is 1.73 bits per heavy atom. The number of benzene rings is 1. The van der Waals surface area contributed by atoms with E-state index >= 15 is 0 Å². The van der Waals surface area contributed by atoms with Crippen LogP contribution in [0.3, 0.4) is 0 Å². The van der Waals surface area contributed by atoms with Crippen LogP contribution in [0.1, 0.15) is 71.3 Å². The maximum Gasteiger partial charge on any atom is 0.330 e. The molecule has 2 saturated heterocycles. The standard InChI is InChI=1S/C40H54O15/c1-26(42)51-38-28(20-34(44)48-4)19-32-23-33(25-41)52-36(46)21-29(43)13-17-49-18-14-30-22-31(24-35(45)50-16-8-11-27-9-6-5-7-10-27)54-37(53-30)12-15-39(2,3)40(38,47)55-32/h5-12,15,20,29-33,37-38,41,43,47H,13-14,16-19,21-25H2,1-4H3/b11-8+,15-12+,28-20+/t29-,30-,31-,32?,33-,37-,38+,40-/m1/s1. The van der Waals surface area contributed by atoms with E-state index in [4.69, 9.17) is 37.9 Å². The van der Waals surface area contributed by atoms with Gasteiger partial charge in [-0.3, -0.25) is 14.4 Å². The number of hydrogen-bond acceptors (Lipinski definition) is 15. The molecule has 1 aromatic carbocycles. The van der Waals surface area contributed by atoms with Crippen molar-refractivity contribution in [1.29, 1.82) is 0 Å². The van der Waals surface area contributed by atoms with E-state index in [9.17, 15) is 34.5 Å². The molecule has 0 aromatic heterocycles. The first-order valence-corrected chi connectivity index (χ1v) is 18.5. The van der Waals surface area contributed by atoms with Gasteiger partial charge in [0.1, 0.15) is 12.7 Å². The molecule has 4 rings (SSSR count). The Bertz CT molecular complexity index is 1520. The molecule has 15 nitrogen and oxygen atoms in total. The molecule has 0 amide bonds. The van der Waals surface area contributed by atoms with Crippen LogP contribution in [0.15, 0.2) is 60.2 Å². The maximum absolute atomic E-state index is 12.9. The van der Waals surface area contributed by atoms with Gasteiger partial charge in [-0.05, 0) is 42.6 Å². The third-order valence-corrected chi connectivity index (χ3v) is 9.52. The number of cyclic esters (lactones) is 1. The molecule has 3 N–H and O–H groups in total. The molecule has 304 valence electrons. The summed E-state index contributed by atoms with van der Waals surface area (Å²) in [5.74, 6) is -5.13. The summed E-state index contributed by atoms with van der Waals surface area (Å²) in [5.41, 5.74) is -0.290. The monoisotopic (exact) mass is 774 g/mol. The number of carbonyl (C=O) groups is 4. The van der Waals surface area contributed by atoms with Crippen molar-refractivity contribution in [1.82, 2.24) is 0 Å². The van der Waals surface area contributed by atoms with Crippen molar-refractivity contribution in [3.05, 3.63) is 65.8 Å². The van der Waals surface area contributed by atoms with Gasteiger partial charge in [-0.25, -0.2) is 4.79 Å². The van der Waals surface area contributed by atoms with Gasteiger partial charge in [0, 0.05) is 44.5 Å². The number of aliphatic hydroxyl groups excluding tert-OH is 2. The van der Waals surface area contributed by atoms with E-state index in [1.165, 1.54) is 7.11 Å². The highest BCUT2D eigenvalue weighted by molar-refractivity contribution is 5.83. The molecule has 0 radical (unpaired) electrons. The lowest BCUT2D eigenvalue weighted by Gasteiger charge is -2.50. The average Bonchev–Trinajstić information content (AvgIpc) is 3.13. The van der Waals surface area contributed by atoms with Crippen molar-refractivity contribution < 1.29 is 72.4 Å². The number of aliphatic hydroxyl groups is 3. The predicted molar refractivity (Wildman–Crippen MR) is 194 cm³/mol. The third-order valence-electron chi connectivity index (χ3n) is 9.52. The summed E-state index contributed by atoms with van der Waals surface area (Å²) < 4.78 is 45.8. The van der Waals surface area contributed by atoms with E-state index in [-0.39, 0.29) is 57.5 Å². The second-order valence-electron chi connectivity index (χ2n) is 14.4. The van der Waals surface area contributed by atoms with E-state index in [2.05, 4.69) is 0 Å². The zero-order valence-corrected chi connectivity index (χ0v) is 31.8. The average molecular weight is 775 g/mol. The van der Waals surface area contributed by atoms with Gasteiger partial charge in [0.05, 0.1) is 51.0 Å². The van der Waals surface area contributed by atoms with Crippen molar-refractivity contribution in [2.24, 2.45) is 5.41 Å². The Balaban J connectivity index is 1.62. The molecule has 55 heavy (non-hydrogen) atoms. The Morgan fingerprint density at radius 3 is 2.44 bits per heavy atom. The number of rotatable bonds is 8. The minimum Gasteiger partial charge on any atom is -0.466 e. The minimum atomic E-state index is -2.35. The number of methoxy groups -OCH3 is 1. The molecular weight excluding hydrogens is 720 g/mol. The van der Waals surface area contributed by atoms with Crippen molar-refractivity contribution >= 4 is 30.0 Å². The fourth-order valence-electron chi connectivity index (χ4n) is 6.58. The summed E-state index contributed by atoms with van der Waals surface area (Å²) in [7, 11) is 1.17. The van der Waals surface area contributed by atoms with Crippen LogP contribution in [0.25, 0.3) is 6.08 Å². The maximum atomic E-state index is 12.9. The van der Waals surface area contributed by atoms with Crippen LogP contribution in [0.2, 0.25) is 0 Å². The van der Waals surface area contributed by atoms with Gasteiger partial charge in [-0.15, -0.1) is 0 Å². The molecule has 15 heteroatoms. The minimum absolute atomic E-state index is 0.0626. The zero-order chi connectivity index (χ0) is 40.0. The lowest BCUT2D eigenvalue weighted by molar-refractivity contribution is -0.327. The van der Waals surface area contributed by atoms with E-state index in [1.54, 1.807) is 32.1 Å². The first kappa shape index (κ1) is 43.8. The first-order valence-electron chi connectivity index (χ1n) is 18.5. The van der Waals surface area contributed by atoms with Gasteiger partial charge in [0.25, 0.3) is 0 Å². The molecule has 1 aromatic rings. The number of esters is 4. The highest BCUT2D eigenvalue weighted by Crippen LogP contribution is 2.46. The second-order valence-corrected chi connectivity index (χ2v) is 14.4. The van der Waals surface area contributed by atoms with Crippen molar-refractivity contribution in [2.45, 2.75) is 114 Å². The molecule has 3 aliphatic rings. The molecular formula is C40H54O15. The highest BCUT2D eigenvalue weighted by Gasteiger charge is 2.57. The Morgan fingerprint density at radius 1 is 1.00 bits per heavy atom. The number of carbonyl (C=O) groups excluding carboxylic acids is 4. The van der Waals surface area contributed by atoms with E-state index in [0.717, 1.165) is 18.6 Å². The molecule has 1 unspecified atom stereocenters. The lowest BCUT2D eigenvalue weighted by atomic mass is 9.74. The highest BCUT2D eigenvalue weighted by atomic mass is 16.7. The predicted octanol–water partition coefficient (Wildman–Crippen LogP) is 3.08. The Kier molecular flexibility index (Phi) is 16.6. The zero-order valence-electron chi connectivity index (χ0n) is 31.8. The molecule has 0 aliphatic carbocycles. The van der Waals surface area contributed by atoms with E-state index in [0.29, 0.717) is 12.8 Å². The molecule has 8 atom stereocenters. The number of hydrogen-bond donors (Lipinski definition) is 3. The Hall–Kier alpha value is -3.96. The van der Waals surface area contributed by atoms with Crippen LogP contribution in [0.5, 0.6) is 0 Å². The Labute approximate surface area is 321 Å². The largest absolute Gasteiger partial charge is 0.466 e. The normalized spacial score (nSPS) is 32.2. The topological polar surface area (TPSA) is 203 Å². The van der Waals surface area contributed by atoms with Gasteiger partial charge in [-0.1, -0.05) is 56.3 Å². The SMILES string of the molecule is COC(=O)/C=C1\CC2C[C@H](CO)OC(=O)C[C@H](O)CCOCC[C@@H]3C[C@H](CC(=O)OC/C=C/c4ccccc4)O[C@H](/C=C/C(C)(C)[C@](O)(O2)[C@H]1OC(C)=O)O3. The summed E-state index contributed by atoms with van der Waals surface area (Å²) in [6, 6.07) is 9.59. The summed E-state index contributed by atoms with van der Waals surface area (Å²) in [4.78, 5) is 50.5. The molecule has 2 fully saturated rings. The summed E-state index contributed by atoms with van der Waals surface area (Å²) >= 11 is 0. The lowest BCUT2D eigenvalue weighted by Crippen LogP contribution is -2.62. The van der Waals surface area contributed by atoms with Crippen LogP contribution >= 0.6 is 0 Å². The van der Waals surface area contributed by atoms with Crippen LogP contribution < -0.4 is 0 Å². The fraction of sp³-hybridized carbons (Fsp3) is 0.600. The van der Waals surface area contributed by atoms with Gasteiger partial charge < -0.3 is 53.2 Å².